The standard InChI is InChI=1S/C13H9NO4/c1-2-5-14-12(16)10-6-8-3-4-9(15)7-11(8)18-13(10)17/h1,3-4,6-7,15H,5H2,(H,14,16). The number of hydrogen-bond acceptors (Lipinski definition) is 4. The van der Waals surface area contributed by atoms with Crippen LogP contribution in [0, 0.1) is 12.3 Å². The van der Waals surface area contributed by atoms with Crippen LogP contribution in [0.2, 0.25) is 0 Å². The summed E-state index contributed by atoms with van der Waals surface area (Å²) in [4.78, 5) is 23.2. The predicted molar refractivity (Wildman–Crippen MR) is 65.3 cm³/mol. The largest absolute Gasteiger partial charge is 0.508 e. The van der Waals surface area contributed by atoms with E-state index in [2.05, 4.69) is 11.2 Å². The third-order valence-electron chi connectivity index (χ3n) is 2.32. The summed E-state index contributed by atoms with van der Waals surface area (Å²) >= 11 is 0. The molecule has 0 saturated carbocycles. The Balaban J connectivity index is 2.50. The van der Waals surface area contributed by atoms with E-state index < -0.39 is 11.5 Å². The van der Waals surface area contributed by atoms with Gasteiger partial charge in [0.1, 0.15) is 16.9 Å². The molecule has 5 heteroatoms. The minimum atomic E-state index is -0.775. The van der Waals surface area contributed by atoms with Gasteiger partial charge in [0, 0.05) is 11.5 Å². The van der Waals surface area contributed by atoms with Gasteiger partial charge in [-0.05, 0) is 18.2 Å². The van der Waals surface area contributed by atoms with E-state index in [9.17, 15) is 14.7 Å². The first-order valence-corrected chi connectivity index (χ1v) is 5.10. The first kappa shape index (κ1) is 11.7. The van der Waals surface area contributed by atoms with E-state index in [1.54, 1.807) is 6.07 Å². The van der Waals surface area contributed by atoms with E-state index in [1.165, 1.54) is 18.2 Å². The molecule has 1 heterocycles. The number of hydrogen-bond donors (Lipinski definition) is 2. The highest BCUT2D eigenvalue weighted by atomic mass is 16.4. The number of nitrogens with one attached hydrogen (secondary N) is 1. The molecule has 0 aliphatic heterocycles. The smallest absolute Gasteiger partial charge is 0.349 e. The average molecular weight is 243 g/mol. The van der Waals surface area contributed by atoms with Crippen LogP contribution < -0.4 is 10.9 Å². The average Bonchev–Trinajstić information content (AvgIpc) is 2.35. The third-order valence-corrected chi connectivity index (χ3v) is 2.32. The minimum absolute atomic E-state index is 0.0183. The molecule has 90 valence electrons. The van der Waals surface area contributed by atoms with Crippen molar-refractivity contribution in [2.75, 3.05) is 6.54 Å². The van der Waals surface area contributed by atoms with E-state index >= 15 is 0 Å². The molecule has 1 aromatic heterocycles. The molecular formula is C13H9NO4. The van der Waals surface area contributed by atoms with Crippen molar-refractivity contribution in [3.63, 3.8) is 0 Å². The topological polar surface area (TPSA) is 79.5 Å². The van der Waals surface area contributed by atoms with Crippen LogP contribution in [0.3, 0.4) is 0 Å². The lowest BCUT2D eigenvalue weighted by atomic mass is 10.1. The van der Waals surface area contributed by atoms with Gasteiger partial charge in [0.05, 0.1) is 6.54 Å². The van der Waals surface area contributed by atoms with Gasteiger partial charge in [0.15, 0.2) is 0 Å². The Bertz CT molecular complexity index is 709. The van der Waals surface area contributed by atoms with Crippen molar-refractivity contribution in [1.29, 1.82) is 0 Å². The molecule has 2 rings (SSSR count). The first-order chi connectivity index (χ1) is 8.61. The molecular weight excluding hydrogens is 234 g/mol. The van der Waals surface area contributed by atoms with Crippen molar-refractivity contribution in [1.82, 2.24) is 5.32 Å². The minimum Gasteiger partial charge on any atom is -0.508 e. The van der Waals surface area contributed by atoms with E-state index in [1.807, 2.05) is 0 Å². The van der Waals surface area contributed by atoms with Crippen molar-refractivity contribution in [2.24, 2.45) is 0 Å². The number of phenols is 1. The van der Waals surface area contributed by atoms with Crippen molar-refractivity contribution >= 4 is 16.9 Å². The van der Waals surface area contributed by atoms with Gasteiger partial charge in [-0.3, -0.25) is 4.79 Å². The Labute approximate surface area is 102 Å². The lowest BCUT2D eigenvalue weighted by Crippen LogP contribution is -2.28. The molecule has 0 fully saturated rings. The molecule has 5 nitrogen and oxygen atoms in total. The number of carbonyl (C=O) groups is 1. The lowest BCUT2D eigenvalue weighted by molar-refractivity contribution is 0.0955. The van der Waals surface area contributed by atoms with E-state index in [0.717, 1.165) is 0 Å². The Kier molecular flexibility index (Phi) is 3.02. The molecule has 0 radical (unpaired) electrons. The quantitative estimate of drug-likeness (QED) is 0.605. The molecule has 0 spiro atoms. The lowest BCUT2D eigenvalue weighted by Gasteiger charge is -2.02. The van der Waals surface area contributed by atoms with Gasteiger partial charge in [-0.25, -0.2) is 4.79 Å². The van der Waals surface area contributed by atoms with Gasteiger partial charge in [0.25, 0.3) is 5.91 Å². The van der Waals surface area contributed by atoms with Gasteiger partial charge in [-0.15, -0.1) is 6.42 Å². The summed E-state index contributed by atoms with van der Waals surface area (Å²) in [7, 11) is 0. The van der Waals surface area contributed by atoms with Crippen LogP contribution in [0.25, 0.3) is 11.0 Å². The molecule has 0 bridgehead atoms. The van der Waals surface area contributed by atoms with E-state index in [0.29, 0.717) is 5.39 Å². The van der Waals surface area contributed by atoms with Gasteiger partial charge in [-0.2, -0.15) is 0 Å². The molecule has 0 saturated heterocycles. The summed E-state index contributed by atoms with van der Waals surface area (Å²) in [6.45, 7) is 0.0336. The van der Waals surface area contributed by atoms with Crippen LogP contribution in [0.15, 0.2) is 33.5 Å². The highest BCUT2D eigenvalue weighted by Crippen LogP contribution is 2.19. The van der Waals surface area contributed by atoms with Gasteiger partial charge < -0.3 is 14.8 Å². The van der Waals surface area contributed by atoms with Gasteiger partial charge in [-0.1, -0.05) is 5.92 Å². The fraction of sp³-hybridized carbons (Fsp3) is 0.0769. The maximum absolute atomic E-state index is 11.6. The summed E-state index contributed by atoms with van der Waals surface area (Å²) in [5.41, 5.74) is -0.681. The SMILES string of the molecule is C#CCNC(=O)c1cc2ccc(O)cc2oc1=O. The molecule has 1 aromatic carbocycles. The summed E-state index contributed by atoms with van der Waals surface area (Å²) in [5.74, 6) is 1.63. The number of aromatic hydroxyl groups is 1. The second-order valence-corrected chi connectivity index (χ2v) is 3.56. The van der Waals surface area contributed by atoms with Crippen LogP contribution in [0.1, 0.15) is 10.4 Å². The van der Waals surface area contributed by atoms with Crippen molar-refractivity contribution in [2.45, 2.75) is 0 Å². The number of terminal acetylenes is 1. The molecule has 1 amide bonds. The zero-order valence-electron chi connectivity index (χ0n) is 9.27. The normalized spacial score (nSPS) is 9.94. The summed E-state index contributed by atoms with van der Waals surface area (Å²) in [6, 6.07) is 5.68. The molecule has 0 aliphatic rings. The number of benzene rings is 1. The first-order valence-electron chi connectivity index (χ1n) is 5.10. The van der Waals surface area contributed by atoms with Crippen LogP contribution in [0.4, 0.5) is 0 Å². The van der Waals surface area contributed by atoms with Crippen LogP contribution >= 0.6 is 0 Å². The third kappa shape index (κ3) is 2.18. The number of rotatable bonds is 2. The Hall–Kier alpha value is -2.74. The molecule has 0 atom stereocenters. The number of phenolic OH excluding ortho intramolecular Hbond substituents is 1. The summed E-state index contributed by atoms with van der Waals surface area (Å²) < 4.78 is 4.95. The van der Waals surface area contributed by atoms with Gasteiger partial charge in [0.2, 0.25) is 0 Å². The molecule has 18 heavy (non-hydrogen) atoms. The molecule has 0 unspecified atom stereocenters. The monoisotopic (exact) mass is 243 g/mol. The Morgan fingerprint density at radius 3 is 2.94 bits per heavy atom. The fourth-order valence-electron chi connectivity index (χ4n) is 1.48. The van der Waals surface area contributed by atoms with Crippen molar-refractivity contribution in [3.8, 4) is 18.1 Å². The van der Waals surface area contributed by atoms with Gasteiger partial charge >= 0.3 is 5.63 Å². The molecule has 0 aliphatic carbocycles. The highest BCUT2D eigenvalue weighted by molar-refractivity contribution is 5.96. The van der Waals surface area contributed by atoms with Crippen LogP contribution in [0.5, 0.6) is 5.75 Å². The second kappa shape index (κ2) is 4.63. The van der Waals surface area contributed by atoms with Crippen LogP contribution in [-0.2, 0) is 0 Å². The van der Waals surface area contributed by atoms with Crippen LogP contribution in [-0.4, -0.2) is 17.6 Å². The second-order valence-electron chi connectivity index (χ2n) is 3.56. The van der Waals surface area contributed by atoms with Crippen molar-refractivity contribution < 1.29 is 14.3 Å². The number of amides is 1. The zero-order valence-corrected chi connectivity index (χ0v) is 9.27. The highest BCUT2D eigenvalue weighted by Gasteiger charge is 2.13. The molecule has 2 N–H and O–H groups in total. The fourth-order valence-corrected chi connectivity index (χ4v) is 1.48. The summed E-state index contributed by atoms with van der Waals surface area (Å²) in [6.07, 6.45) is 5.01. The van der Waals surface area contributed by atoms with E-state index in [4.69, 9.17) is 10.8 Å². The molecule has 2 aromatic rings. The maximum atomic E-state index is 11.6. The Morgan fingerprint density at radius 2 is 2.22 bits per heavy atom. The zero-order chi connectivity index (χ0) is 13.1. The number of fused-ring (bicyclic) bond motifs is 1. The number of carbonyl (C=O) groups excluding carboxylic acids is 1. The maximum Gasteiger partial charge on any atom is 0.349 e. The van der Waals surface area contributed by atoms with Crippen molar-refractivity contribution in [3.05, 3.63) is 40.2 Å². The Morgan fingerprint density at radius 1 is 1.44 bits per heavy atom. The predicted octanol–water partition coefficient (Wildman–Crippen LogP) is 0.862. The van der Waals surface area contributed by atoms with E-state index in [-0.39, 0.29) is 23.4 Å². The summed E-state index contributed by atoms with van der Waals surface area (Å²) in [5, 5.41) is 12.2.